The van der Waals surface area contributed by atoms with Gasteiger partial charge in [-0.3, -0.25) is 4.79 Å². The topological polar surface area (TPSA) is 79.8 Å². The van der Waals surface area contributed by atoms with E-state index in [1.165, 1.54) is 0 Å². The molecule has 0 aromatic heterocycles. The van der Waals surface area contributed by atoms with Gasteiger partial charge in [-0.2, -0.15) is 0 Å². The number of aliphatic hydroxyl groups excluding tert-OH is 1. The Bertz CT molecular complexity index is 213. The molecule has 0 saturated carbocycles. The van der Waals surface area contributed by atoms with Gasteiger partial charge in [0.2, 0.25) is 5.91 Å². The van der Waals surface area contributed by atoms with Crippen molar-refractivity contribution in [3.05, 3.63) is 0 Å². The average Bonchev–Trinajstić information content (AvgIpc) is 2.65. The van der Waals surface area contributed by atoms with Crippen LogP contribution in [0.1, 0.15) is 6.42 Å². The van der Waals surface area contributed by atoms with Crippen LogP contribution in [-0.4, -0.2) is 63.2 Å². The van der Waals surface area contributed by atoms with E-state index in [2.05, 4.69) is 10.6 Å². The van der Waals surface area contributed by atoms with Crippen molar-refractivity contribution >= 4 is 5.91 Å². The number of nitrogens with one attached hydrogen (secondary N) is 2. The monoisotopic (exact) mass is 232 g/mol. The lowest BCUT2D eigenvalue weighted by atomic mass is 10.2. The standard InChI is InChI=1S/C10H20N2O4/c1-15-5-4-12-10(14)2-3-11-8-6-16-7-9(8)13/h8-9,11,13H,2-7H2,1H3,(H,12,14). The van der Waals surface area contributed by atoms with Crippen molar-refractivity contribution in [2.24, 2.45) is 0 Å². The molecule has 1 amide bonds. The summed E-state index contributed by atoms with van der Waals surface area (Å²) in [5.74, 6) is -0.0158. The number of aliphatic hydroxyl groups is 1. The van der Waals surface area contributed by atoms with Crippen LogP contribution in [0.5, 0.6) is 0 Å². The molecule has 0 aromatic rings. The maximum absolute atomic E-state index is 11.3. The molecule has 0 spiro atoms. The Morgan fingerprint density at radius 1 is 1.50 bits per heavy atom. The Morgan fingerprint density at radius 3 is 2.94 bits per heavy atom. The molecule has 0 aliphatic carbocycles. The van der Waals surface area contributed by atoms with Gasteiger partial charge in [0.05, 0.1) is 32.0 Å². The van der Waals surface area contributed by atoms with E-state index in [0.717, 1.165) is 0 Å². The van der Waals surface area contributed by atoms with E-state index < -0.39 is 6.10 Å². The van der Waals surface area contributed by atoms with Crippen LogP contribution in [0, 0.1) is 0 Å². The number of carbonyl (C=O) groups excluding carboxylic acids is 1. The molecule has 1 fully saturated rings. The maximum Gasteiger partial charge on any atom is 0.221 e. The first-order valence-electron chi connectivity index (χ1n) is 5.49. The molecule has 16 heavy (non-hydrogen) atoms. The highest BCUT2D eigenvalue weighted by molar-refractivity contribution is 5.76. The smallest absolute Gasteiger partial charge is 0.221 e. The molecule has 1 aliphatic heterocycles. The molecule has 2 atom stereocenters. The van der Waals surface area contributed by atoms with Crippen molar-refractivity contribution in [3.63, 3.8) is 0 Å². The first kappa shape index (κ1) is 13.4. The molecule has 1 saturated heterocycles. The highest BCUT2D eigenvalue weighted by Crippen LogP contribution is 2.04. The van der Waals surface area contributed by atoms with Crippen LogP contribution in [0.4, 0.5) is 0 Å². The number of methoxy groups -OCH3 is 1. The third-order valence-electron chi connectivity index (χ3n) is 2.44. The van der Waals surface area contributed by atoms with E-state index in [-0.39, 0.29) is 11.9 Å². The minimum absolute atomic E-state index is 0.0158. The maximum atomic E-state index is 11.3. The molecule has 2 unspecified atom stereocenters. The zero-order valence-electron chi connectivity index (χ0n) is 9.57. The molecular formula is C10H20N2O4. The Balaban J connectivity index is 1.99. The number of hydrogen-bond acceptors (Lipinski definition) is 5. The number of carbonyl (C=O) groups is 1. The van der Waals surface area contributed by atoms with Crippen LogP contribution in [0.2, 0.25) is 0 Å². The van der Waals surface area contributed by atoms with Gasteiger partial charge in [0.15, 0.2) is 0 Å². The van der Waals surface area contributed by atoms with Crippen LogP contribution in [0.25, 0.3) is 0 Å². The SMILES string of the molecule is COCCNC(=O)CCNC1COCC1O. The van der Waals surface area contributed by atoms with Crippen molar-refractivity contribution < 1.29 is 19.4 Å². The quantitative estimate of drug-likeness (QED) is 0.465. The van der Waals surface area contributed by atoms with E-state index in [9.17, 15) is 9.90 Å². The van der Waals surface area contributed by atoms with Gasteiger partial charge < -0.3 is 25.2 Å². The molecule has 0 aromatic carbocycles. The summed E-state index contributed by atoms with van der Waals surface area (Å²) in [5, 5.41) is 15.2. The van der Waals surface area contributed by atoms with Crippen molar-refractivity contribution in [1.29, 1.82) is 0 Å². The molecule has 6 heteroatoms. The third kappa shape index (κ3) is 4.89. The van der Waals surface area contributed by atoms with Crippen LogP contribution < -0.4 is 10.6 Å². The lowest BCUT2D eigenvalue weighted by molar-refractivity contribution is -0.121. The molecule has 0 bridgehead atoms. The fraction of sp³-hybridized carbons (Fsp3) is 0.900. The molecule has 1 aliphatic rings. The predicted molar refractivity (Wildman–Crippen MR) is 58.1 cm³/mol. The van der Waals surface area contributed by atoms with Crippen LogP contribution in [-0.2, 0) is 14.3 Å². The van der Waals surface area contributed by atoms with Crippen molar-refractivity contribution in [1.82, 2.24) is 10.6 Å². The molecule has 1 heterocycles. The van der Waals surface area contributed by atoms with Gasteiger partial charge in [0, 0.05) is 26.6 Å². The highest BCUT2D eigenvalue weighted by Gasteiger charge is 2.25. The highest BCUT2D eigenvalue weighted by atomic mass is 16.5. The largest absolute Gasteiger partial charge is 0.389 e. The first-order chi connectivity index (χ1) is 7.74. The Morgan fingerprint density at radius 2 is 2.31 bits per heavy atom. The molecule has 1 rings (SSSR count). The molecule has 3 N–H and O–H groups in total. The fourth-order valence-corrected chi connectivity index (χ4v) is 1.49. The van der Waals surface area contributed by atoms with Gasteiger partial charge in [-0.15, -0.1) is 0 Å². The Hall–Kier alpha value is -0.690. The minimum Gasteiger partial charge on any atom is -0.389 e. The van der Waals surface area contributed by atoms with Crippen LogP contribution in [0.15, 0.2) is 0 Å². The second-order valence-electron chi connectivity index (χ2n) is 3.76. The Kier molecular flexibility index (Phi) is 6.32. The zero-order valence-corrected chi connectivity index (χ0v) is 9.57. The van der Waals surface area contributed by atoms with E-state index in [1.807, 2.05) is 0 Å². The number of rotatable bonds is 7. The van der Waals surface area contributed by atoms with Crippen molar-refractivity contribution in [2.45, 2.75) is 18.6 Å². The lowest BCUT2D eigenvalue weighted by Crippen LogP contribution is -2.40. The van der Waals surface area contributed by atoms with Crippen molar-refractivity contribution in [3.8, 4) is 0 Å². The van der Waals surface area contributed by atoms with Gasteiger partial charge in [-0.1, -0.05) is 0 Å². The summed E-state index contributed by atoms with van der Waals surface area (Å²) in [6.07, 6.45) is -0.0658. The predicted octanol–water partition coefficient (Wildman–Crippen LogP) is -1.51. The third-order valence-corrected chi connectivity index (χ3v) is 2.44. The summed E-state index contributed by atoms with van der Waals surface area (Å²) < 4.78 is 9.89. The Labute approximate surface area is 95.3 Å². The first-order valence-corrected chi connectivity index (χ1v) is 5.49. The minimum atomic E-state index is -0.462. The van der Waals surface area contributed by atoms with E-state index >= 15 is 0 Å². The summed E-state index contributed by atoms with van der Waals surface area (Å²) >= 11 is 0. The average molecular weight is 232 g/mol. The van der Waals surface area contributed by atoms with E-state index in [1.54, 1.807) is 7.11 Å². The number of amides is 1. The second kappa shape index (κ2) is 7.56. The molecular weight excluding hydrogens is 212 g/mol. The molecule has 94 valence electrons. The van der Waals surface area contributed by atoms with Gasteiger partial charge in [-0.25, -0.2) is 0 Å². The van der Waals surface area contributed by atoms with Crippen LogP contribution >= 0.6 is 0 Å². The van der Waals surface area contributed by atoms with Crippen molar-refractivity contribution in [2.75, 3.05) is 40.0 Å². The number of ether oxygens (including phenoxy) is 2. The normalized spacial score (nSPS) is 24.6. The zero-order chi connectivity index (χ0) is 11.8. The van der Waals surface area contributed by atoms with Gasteiger partial charge in [0.25, 0.3) is 0 Å². The van der Waals surface area contributed by atoms with Gasteiger partial charge in [0.1, 0.15) is 0 Å². The summed E-state index contributed by atoms with van der Waals surface area (Å²) in [5.41, 5.74) is 0. The van der Waals surface area contributed by atoms with E-state index in [4.69, 9.17) is 9.47 Å². The summed E-state index contributed by atoms with van der Waals surface area (Å²) in [6.45, 7) is 2.48. The lowest BCUT2D eigenvalue weighted by Gasteiger charge is -2.14. The fourth-order valence-electron chi connectivity index (χ4n) is 1.49. The number of hydrogen-bond donors (Lipinski definition) is 3. The van der Waals surface area contributed by atoms with E-state index in [0.29, 0.717) is 39.3 Å². The molecule has 6 nitrogen and oxygen atoms in total. The summed E-state index contributed by atoms with van der Waals surface area (Å²) in [4.78, 5) is 11.3. The summed E-state index contributed by atoms with van der Waals surface area (Å²) in [7, 11) is 1.59. The van der Waals surface area contributed by atoms with Crippen LogP contribution in [0.3, 0.4) is 0 Å². The molecule has 0 radical (unpaired) electrons. The summed E-state index contributed by atoms with van der Waals surface area (Å²) in [6, 6.07) is -0.0493. The van der Waals surface area contributed by atoms with Gasteiger partial charge >= 0.3 is 0 Å². The second-order valence-corrected chi connectivity index (χ2v) is 3.76. The van der Waals surface area contributed by atoms with Gasteiger partial charge in [-0.05, 0) is 0 Å².